The molecule has 1 rings (SSSR count). The van der Waals surface area contributed by atoms with Gasteiger partial charge in [-0.15, -0.1) is 6.58 Å². The van der Waals surface area contributed by atoms with Gasteiger partial charge in [-0.3, -0.25) is 5.84 Å². The summed E-state index contributed by atoms with van der Waals surface area (Å²) in [6.45, 7) is 3.71. The highest BCUT2D eigenvalue weighted by atomic mass is 16.5. The van der Waals surface area contributed by atoms with Crippen LogP contribution in [0.1, 0.15) is 11.6 Å². The highest BCUT2D eigenvalue weighted by Gasteiger charge is 2.19. The fraction of sp³-hybridized carbons (Fsp3) is 0.333. The van der Waals surface area contributed by atoms with Gasteiger partial charge in [0.15, 0.2) is 11.5 Å². The van der Waals surface area contributed by atoms with E-state index < -0.39 is 0 Å². The molecule has 0 bridgehead atoms. The van der Waals surface area contributed by atoms with E-state index in [0.717, 1.165) is 5.56 Å². The monoisotopic (exact) mass is 238 g/mol. The van der Waals surface area contributed by atoms with Crippen molar-refractivity contribution in [2.45, 2.75) is 6.04 Å². The van der Waals surface area contributed by atoms with E-state index in [2.05, 4.69) is 12.0 Å². The highest BCUT2D eigenvalue weighted by molar-refractivity contribution is 5.57. The summed E-state index contributed by atoms with van der Waals surface area (Å²) in [5.74, 6) is 7.17. The maximum atomic E-state index is 5.45. The summed E-state index contributed by atoms with van der Waals surface area (Å²) in [6, 6.07) is 3.43. The van der Waals surface area contributed by atoms with E-state index >= 15 is 0 Å². The number of hydrogen-bond acceptors (Lipinski definition) is 5. The molecule has 0 aromatic heterocycles. The van der Waals surface area contributed by atoms with Crippen LogP contribution >= 0.6 is 0 Å². The first-order chi connectivity index (χ1) is 8.23. The maximum absolute atomic E-state index is 5.45. The molecular formula is C12H18N2O3. The topological polar surface area (TPSA) is 65.7 Å². The molecule has 0 radical (unpaired) electrons. The molecule has 0 aliphatic heterocycles. The number of nitrogens with two attached hydrogens (primary N) is 1. The Labute approximate surface area is 101 Å². The van der Waals surface area contributed by atoms with Gasteiger partial charge >= 0.3 is 0 Å². The first-order valence-corrected chi connectivity index (χ1v) is 5.11. The smallest absolute Gasteiger partial charge is 0.203 e. The van der Waals surface area contributed by atoms with Gasteiger partial charge in [-0.2, -0.15) is 0 Å². The first kappa shape index (κ1) is 13.3. The number of hydrazine groups is 1. The van der Waals surface area contributed by atoms with E-state index in [1.165, 1.54) is 0 Å². The predicted octanol–water partition coefficient (Wildman–Crippen LogP) is 1.40. The molecule has 0 saturated heterocycles. The zero-order valence-corrected chi connectivity index (χ0v) is 10.3. The molecule has 0 spiro atoms. The number of nitrogens with one attached hydrogen (secondary N) is 1. The van der Waals surface area contributed by atoms with Gasteiger partial charge in [-0.05, 0) is 12.1 Å². The van der Waals surface area contributed by atoms with Crippen molar-refractivity contribution < 1.29 is 14.2 Å². The van der Waals surface area contributed by atoms with E-state index in [4.69, 9.17) is 20.1 Å². The molecule has 94 valence electrons. The summed E-state index contributed by atoms with van der Waals surface area (Å²) < 4.78 is 15.8. The highest BCUT2D eigenvalue weighted by Crippen LogP contribution is 2.41. The molecule has 5 nitrogen and oxygen atoms in total. The van der Waals surface area contributed by atoms with E-state index in [1.807, 2.05) is 6.07 Å². The third-order valence-electron chi connectivity index (χ3n) is 2.48. The largest absolute Gasteiger partial charge is 0.493 e. The summed E-state index contributed by atoms with van der Waals surface area (Å²) in [5, 5.41) is 0. The number of methoxy groups -OCH3 is 3. The Balaban J connectivity index is 3.36. The molecular weight excluding hydrogens is 220 g/mol. The maximum Gasteiger partial charge on any atom is 0.203 e. The van der Waals surface area contributed by atoms with E-state index in [-0.39, 0.29) is 6.04 Å². The van der Waals surface area contributed by atoms with Crippen LogP contribution in [-0.2, 0) is 0 Å². The number of benzene rings is 1. The predicted molar refractivity (Wildman–Crippen MR) is 66.4 cm³/mol. The summed E-state index contributed by atoms with van der Waals surface area (Å²) in [6.07, 6.45) is 1.68. The second kappa shape index (κ2) is 6.12. The van der Waals surface area contributed by atoms with Crippen LogP contribution in [0.15, 0.2) is 24.8 Å². The fourth-order valence-electron chi connectivity index (χ4n) is 1.65. The fourth-order valence-corrected chi connectivity index (χ4v) is 1.65. The van der Waals surface area contributed by atoms with Crippen molar-refractivity contribution in [1.82, 2.24) is 5.43 Å². The van der Waals surface area contributed by atoms with Crippen LogP contribution < -0.4 is 25.5 Å². The Kier molecular flexibility index (Phi) is 4.81. The van der Waals surface area contributed by atoms with Crippen LogP contribution in [0.3, 0.4) is 0 Å². The lowest BCUT2D eigenvalue weighted by Crippen LogP contribution is -2.26. The molecule has 5 heteroatoms. The van der Waals surface area contributed by atoms with E-state index in [9.17, 15) is 0 Å². The molecule has 1 aromatic rings. The minimum atomic E-state index is -0.218. The minimum Gasteiger partial charge on any atom is -0.493 e. The van der Waals surface area contributed by atoms with Crippen LogP contribution in [-0.4, -0.2) is 21.3 Å². The Hall–Kier alpha value is -1.72. The van der Waals surface area contributed by atoms with Gasteiger partial charge in [0, 0.05) is 5.56 Å². The van der Waals surface area contributed by atoms with Gasteiger partial charge in [0.05, 0.1) is 27.4 Å². The second-order valence-electron chi connectivity index (χ2n) is 3.30. The number of ether oxygens (including phenoxy) is 3. The Morgan fingerprint density at radius 3 is 2.24 bits per heavy atom. The van der Waals surface area contributed by atoms with Crippen LogP contribution in [0.4, 0.5) is 0 Å². The van der Waals surface area contributed by atoms with Gasteiger partial charge in [-0.1, -0.05) is 6.08 Å². The van der Waals surface area contributed by atoms with Crippen molar-refractivity contribution in [3.05, 3.63) is 30.4 Å². The van der Waals surface area contributed by atoms with Gasteiger partial charge in [-0.25, -0.2) is 5.43 Å². The van der Waals surface area contributed by atoms with Crippen molar-refractivity contribution in [2.75, 3.05) is 21.3 Å². The molecule has 0 saturated carbocycles. The SMILES string of the molecule is C=CC(NN)c1ccc(OC)c(OC)c1OC. The van der Waals surface area contributed by atoms with Crippen LogP contribution in [0, 0.1) is 0 Å². The molecule has 0 fully saturated rings. The standard InChI is InChI=1S/C12H18N2O3/c1-5-9(14-13)8-6-7-10(15-2)12(17-4)11(8)16-3/h5-7,9,14H,1,13H2,2-4H3. The summed E-state index contributed by atoms with van der Waals surface area (Å²) in [7, 11) is 4.70. The molecule has 0 aliphatic carbocycles. The molecule has 1 unspecified atom stereocenters. The summed E-state index contributed by atoms with van der Waals surface area (Å²) in [5.41, 5.74) is 3.47. The molecule has 0 heterocycles. The number of rotatable bonds is 6. The Morgan fingerprint density at radius 1 is 1.18 bits per heavy atom. The Bertz CT molecular complexity index is 394. The summed E-state index contributed by atoms with van der Waals surface area (Å²) >= 11 is 0. The van der Waals surface area contributed by atoms with Gasteiger partial charge in [0.1, 0.15) is 0 Å². The second-order valence-corrected chi connectivity index (χ2v) is 3.30. The molecule has 0 amide bonds. The lowest BCUT2D eigenvalue weighted by atomic mass is 10.1. The quantitative estimate of drug-likeness (QED) is 0.445. The normalized spacial score (nSPS) is 11.8. The van der Waals surface area contributed by atoms with E-state index in [0.29, 0.717) is 17.2 Å². The third-order valence-corrected chi connectivity index (χ3v) is 2.48. The van der Waals surface area contributed by atoms with Crippen molar-refractivity contribution >= 4 is 0 Å². The lowest BCUT2D eigenvalue weighted by Gasteiger charge is -2.19. The third kappa shape index (κ3) is 2.51. The van der Waals surface area contributed by atoms with E-state index in [1.54, 1.807) is 33.5 Å². The zero-order chi connectivity index (χ0) is 12.8. The average Bonchev–Trinajstić information content (AvgIpc) is 2.39. The van der Waals surface area contributed by atoms with Crippen LogP contribution in [0.25, 0.3) is 0 Å². The van der Waals surface area contributed by atoms with Crippen LogP contribution in [0.5, 0.6) is 17.2 Å². The molecule has 1 aromatic carbocycles. The molecule has 1 atom stereocenters. The van der Waals surface area contributed by atoms with Crippen molar-refractivity contribution in [2.24, 2.45) is 5.84 Å². The molecule has 0 aliphatic rings. The summed E-state index contributed by atoms with van der Waals surface area (Å²) in [4.78, 5) is 0. The Morgan fingerprint density at radius 2 is 1.82 bits per heavy atom. The van der Waals surface area contributed by atoms with Gasteiger partial charge in [0.25, 0.3) is 0 Å². The van der Waals surface area contributed by atoms with Crippen molar-refractivity contribution in [3.63, 3.8) is 0 Å². The lowest BCUT2D eigenvalue weighted by molar-refractivity contribution is 0.320. The zero-order valence-electron chi connectivity index (χ0n) is 10.3. The first-order valence-electron chi connectivity index (χ1n) is 5.11. The van der Waals surface area contributed by atoms with Gasteiger partial charge < -0.3 is 14.2 Å². The van der Waals surface area contributed by atoms with Gasteiger partial charge in [0.2, 0.25) is 5.75 Å². The molecule has 3 N–H and O–H groups in total. The molecule has 17 heavy (non-hydrogen) atoms. The minimum absolute atomic E-state index is 0.218. The van der Waals surface area contributed by atoms with Crippen molar-refractivity contribution in [3.8, 4) is 17.2 Å². The average molecular weight is 238 g/mol. The van der Waals surface area contributed by atoms with Crippen LogP contribution in [0.2, 0.25) is 0 Å². The van der Waals surface area contributed by atoms with Crippen molar-refractivity contribution in [1.29, 1.82) is 0 Å². The number of hydrogen-bond donors (Lipinski definition) is 2.